The summed E-state index contributed by atoms with van der Waals surface area (Å²) >= 11 is 0. The molecule has 0 saturated heterocycles. The van der Waals surface area contributed by atoms with E-state index in [9.17, 15) is 13.2 Å². The highest BCUT2D eigenvalue weighted by Gasteiger charge is 2.32. The van der Waals surface area contributed by atoms with Gasteiger partial charge in [-0.2, -0.15) is 13.2 Å². The van der Waals surface area contributed by atoms with Gasteiger partial charge >= 0.3 is 6.18 Å². The van der Waals surface area contributed by atoms with Gasteiger partial charge in [-0.05, 0) is 30.3 Å². The highest BCUT2D eigenvalue weighted by Crippen LogP contribution is 2.32. The molecule has 2 aromatic heterocycles. The number of hydrogen-bond acceptors (Lipinski definition) is 6. The second kappa shape index (κ2) is 7.48. The third-order valence-electron chi connectivity index (χ3n) is 3.67. The SMILES string of the molecule is COc1ccc(-c2cc(Nc3ccc(C(F)(F)F)nc3)ncn2)cc1OC. The van der Waals surface area contributed by atoms with Gasteiger partial charge in [0.1, 0.15) is 17.8 Å². The number of hydrogen-bond donors (Lipinski definition) is 1. The van der Waals surface area contributed by atoms with Gasteiger partial charge in [-0.3, -0.25) is 0 Å². The van der Waals surface area contributed by atoms with Gasteiger partial charge in [-0.25, -0.2) is 15.0 Å². The number of benzene rings is 1. The van der Waals surface area contributed by atoms with E-state index < -0.39 is 11.9 Å². The van der Waals surface area contributed by atoms with Crippen molar-refractivity contribution in [1.29, 1.82) is 0 Å². The number of ether oxygens (including phenoxy) is 2. The van der Waals surface area contributed by atoms with Crippen molar-refractivity contribution in [3.05, 3.63) is 54.6 Å². The third kappa shape index (κ3) is 4.25. The van der Waals surface area contributed by atoms with Gasteiger partial charge in [-0.15, -0.1) is 0 Å². The Balaban J connectivity index is 1.84. The first-order chi connectivity index (χ1) is 12.9. The zero-order chi connectivity index (χ0) is 19.4. The number of anilines is 2. The Bertz CT molecular complexity index is 931. The molecule has 0 amide bonds. The van der Waals surface area contributed by atoms with Crippen molar-refractivity contribution in [3.8, 4) is 22.8 Å². The van der Waals surface area contributed by atoms with Gasteiger partial charge in [0.2, 0.25) is 0 Å². The minimum atomic E-state index is -4.48. The van der Waals surface area contributed by atoms with E-state index in [1.165, 1.54) is 19.5 Å². The van der Waals surface area contributed by atoms with Crippen LogP contribution in [0.4, 0.5) is 24.7 Å². The summed E-state index contributed by atoms with van der Waals surface area (Å²) in [4.78, 5) is 11.7. The molecule has 0 saturated carbocycles. The number of rotatable bonds is 5. The number of aromatic nitrogens is 3. The monoisotopic (exact) mass is 376 g/mol. The van der Waals surface area contributed by atoms with Crippen LogP contribution in [0.25, 0.3) is 11.3 Å². The van der Waals surface area contributed by atoms with Crippen LogP contribution in [0.2, 0.25) is 0 Å². The van der Waals surface area contributed by atoms with Gasteiger partial charge in [0.05, 0.1) is 31.8 Å². The molecule has 1 N–H and O–H groups in total. The topological polar surface area (TPSA) is 69.2 Å². The van der Waals surface area contributed by atoms with Crippen molar-refractivity contribution < 1.29 is 22.6 Å². The van der Waals surface area contributed by atoms with Crippen LogP contribution in [0.5, 0.6) is 11.5 Å². The van der Waals surface area contributed by atoms with E-state index in [1.54, 1.807) is 25.3 Å². The molecule has 0 radical (unpaired) electrons. The molecule has 3 rings (SSSR count). The van der Waals surface area contributed by atoms with Crippen LogP contribution in [0.1, 0.15) is 5.69 Å². The van der Waals surface area contributed by atoms with Crippen molar-refractivity contribution in [1.82, 2.24) is 15.0 Å². The zero-order valence-electron chi connectivity index (χ0n) is 14.4. The van der Waals surface area contributed by atoms with E-state index in [0.717, 1.165) is 17.8 Å². The standard InChI is InChI=1S/C18H15F3N4O2/c1-26-14-5-3-11(7-15(14)27-2)13-8-17(24-10-23-13)25-12-4-6-16(22-9-12)18(19,20)21/h3-10H,1-2H3,(H,23,24,25). The van der Waals surface area contributed by atoms with Gasteiger partial charge in [0, 0.05) is 11.6 Å². The molecule has 6 nitrogen and oxygen atoms in total. The average molecular weight is 376 g/mol. The fourth-order valence-electron chi connectivity index (χ4n) is 2.36. The van der Waals surface area contributed by atoms with Crippen molar-refractivity contribution in [2.45, 2.75) is 6.18 Å². The normalized spacial score (nSPS) is 11.1. The van der Waals surface area contributed by atoms with E-state index in [2.05, 4.69) is 20.3 Å². The lowest BCUT2D eigenvalue weighted by molar-refractivity contribution is -0.141. The van der Waals surface area contributed by atoms with Crippen molar-refractivity contribution in [3.63, 3.8) is 0 Å². The maximum atomic E-state index is 12.6. The Morgan fingerprint density at radius 2 is 1.67 bits per heavy atom. The lowest BCUT2D eigenvalue weighted by Gasteiger charge is -2.11. The quantitative estimate of drug-likeness (QED) is 0.715. The molecule has 0 bridgehead atoms. The summed E-state index contributed by atoms with van der Waals surface area (Å²) in [5, 5.41) is 2.91. The Kier molecular flexibility index (Phi) is 5.11. The van der Waals surface area contributed by atoms with Crippen LogP contribution in [0.15, 0.2) is 48.9 Å². The molecule has 9 heteroatoms. The summed E-state index contributed by atoms with van der Waals surface area (Å²) in [7, 11) is 3.08. The molecule has 0 atom stereocenters. The highest BCUT2D eigenvalue weighted by atomic mass is 19.4. The lowest BCUT2D eigenvalue weighted by Crippen LogP contribution is -2.07. The number of halogens is 3. The van der Waals surface area contributed by atoms with Crippen molar-refractivity contribution >= 4 is 11.5 Å². The minimum Gasteiger partial charge on any atom is -0.493 e. The van der Waals surface area contributed by atoms with Crippen LogP contribution in [-0.2, 0) is 6.18 Å². The number of nitrogens with one attached hydrogen (secondary N) is 1. The van der Waals surface area contributed by atoms with Crippen LogP contribution in [-0.4, -0.2) is 29.2 Å². The molecule has 0 aliphatic heterocycles. The highest BCUT2D eigenvalue weighted by molar-refractivity contribution is 5.67. The summed E-state index contributed by atoms with van der Waals surface area (Å²) in [6.07, 6.45) is -2.03. The van der Waals surface area contributed by atoms with Gasteiger partial charge in [-0.1, -0.05) is 0 Å². The molecule has 2 heterocycles. The Morgan fingerprint density at radius 1 is 0.889 bits per heavy atom. The number of pyridine rings is 1. The second-order valence-electron chi connectivity index (χ2n) is 5.41. The smallest absolute Gasteiger partial charge is 0.433 e. The van der Waals surface area contributed by atoms with E-state index in [4.69, 9.17) is 9.47 Å². The Labute approximate surface area is 153 Å². The predicted molar refractivity (Wildman–Crippen MR) is 93.1 cm³/mol. The summed E-state index contributed by atoms with van der Waals surface area (Å²) in [6.45, 7) is 0. The number of alkyl halides is 3. The molecule has 0 unspecified atom stereocenters. The van der Waals surface area contributed by atoms with E-state index >= 15 is 0 Å². The third-order valence-corrected chi connectivity index (χ3v) is 3.67. The molecule has 3 aromatic rings. The van der Waals surface area contributed by atoms with Crippen molar-refractivity contribution in [2.75, 3.05) is 19.5 Å². The minimum absolute atomic E-state index is 0.375. The summed E-state index contributed by atoms with van der Waals surface area (Å²) in [5.41, 5.74) is 0.790. The molecule has 0 spiro atoms. The molecule has 0 aliphatic rings. The average Bonchev–Trinajstić information content (AvgIpc) is 2.67. The van der Waals surface area contributed by atoms with Gasteiger partial charge in [0.25, 0.3) is 0 Å². The molecule has 27 heavy (non-hydrogen) atoms. The summed E-state index contributed by atoms with van der Waals surface area (Å²) in [6, 6.07) is 9.19. The predicted octanol–water partition coefficient (Wildman–Crippen LogP) is 4.32. The molecule has 0 fully saturated rings. The maximum Gasteiger partial charge on any atom is 0.433 e. The Hall–Kier alpha value is -3.36. The van der Waals surface area contributed by atoms with Gasteiger partial charge in [0.15, 0.2) is 11.5 Å². The van der Waals surface area contributed by atoms with Crippen LogP contribution in [0.3, 0.4) is 0 Å². The molecular weight excluding hydrogens is 361 g/mol. The summed E-state index contributed by atoms with van der Waals surface area (Å²) < 4.78 is 48.2. The van der Waals surface area contributed by atoms with E-state index in [0.29, 0.717) is 28.7 Å². The van der Waals surface area contributed by atoms with E-state index in [1.807, 2.05) is 6.07 Å². The molecular formula is C18H15F3N4O2. The van der Waals surface area contributed by atoms with Crippen molar-refractivity contribution in [2.24, 2.45) is 0 Å². The van der Waals surface area contributed by atoms with E-state index in [-0.39, 0.29) is 0 Å². The number of methoxy groups -OCH3 is 2. The second-order valence-corrected chi connectivity index (χ2v) is 5.41. The first-order valence-electron chi connectivity index (χ1n) is 7.75. The fourth-order valence-corrected chi connectivity index (χ4v) is 2.36. The lowest BCUT2D eigenvalue weighted by atomic mass is 10.1. The van der Waals surface area contributed by atoms with Crippen LogP contribution >= 0.6 is 0 Å². The largest absolute Gasteiger partial charge is 0.493 e. The zero-order valence-corrected chi connectivity index (χ0v) is 14.4. The Morgan fingerprint density at radius 3 is 2.30 bits per heavy atom. The first kappa shape index (κ1) is 18.4. The fraction of sp³-hybridized carbons (Fsp3) is 0.167. The molecule has 140 valence electrons. The summed E-state index contributed by atoms with van der Waals surface area (Å²) in [5.74, 6) is 1.55. The van der Waals surface area contributed by atoms with Gasteiger partial charge < -0.3 is 14.8 Å². The van der Waals surface area contributed by atoms with Crippen LogP contribution in [0, 0.1) is 0 Å². The molecule has 1 aromatic carbocycles. The number of nitrogens with zero attached hydrogens (tertiary/aromatic N) is 3. The molecule has 0 aliphatic carbocycles. The van der Waals surface area contributed by atoms with Crippen LogP contribution < -0.4 is 14.8 Å². The maximum absolute atomic E-state index is 12.6. The first-order valence-corrected chi connectivity index (χ1v) is 7.75.